The van der Waals surface area contributed by atoms with E-state index in [0.717, 1.165) is 11.0 Å². The van der Waals surface area contributed by atoms with Gasteiger partial charge in [-0.2, -0.15) is 0 Å². The summed E-state index contributed by atoms with van der Waals surface area (Å²) >= 11 is 4.70. The molecule has 18 heavy (non-hydrogen) atoms. The normalized spacial score (nSPS) is 10.4. The molecule has 0 bridgehead atoms. The minimum Gasteiger partial charge on any atom is -0.369 e. The molecule has 2 aromatic rings. The Bertz CT molecular complexity index is 551. The van der Waals surface area contributed by atoms with Gasteiger partial charge >= 0.3 is 0 Å². The lowest BCUT2D eigenvalue weighted by Gasteiger charge is -2.08. The third kappa shape index (κ3) is 3.00. The van der Waals surface area contributed by atoms with Crippen molar-refractivity contribution in [2.45, 2.75) is 16.8 Å². The fourth-order valence-corrected chi connectivity index (χ4v) is 2.74. The molecular formula is C12H11BrFN3S. The molecule has 94 valence electrons. The third-order valence-corrected chi connectivity index (χ3v) is 4.21. The van der Waals surface area contributed by atoms with Crippen molar-refractivity contribution in [3.8, 4) is 0 Å². The Balaban J connectivity index is 2.30. The highest BCUT2D eigenvalue weighted by molar-refractivity contribution is 9.10. The summed E-state index contributed by atoms with van der Waals surface area (Å²) < 4.78 is 14.3. The first-order valence-corrected chi connectivity index (χ1v) is 7.00. The average molecular weight is 328 g/mol. The standard InChI is InChI=1S/C12H11BrFN3S/c1-2-15-11-10(13)12(17-7-16-11)18-9-6-4-3-5-8(9)14/h3-7H,2H2,1H3,(H,15,16,17). The second-order valence-corrected chi connectivity index (χ2v) is 5.23. The topological polar surface area (TPSA) is 37.8 Å². The SMILES string of the molecule is CCNc1ncnc(Sc2ccccc2F)c1Br. The lowest BCUT2D eigenvalue weighted by atomic mass is 10.3. The van der Waals surface area contributed by atoms with Crippen LogP contribution >= 0.6 is 27.7 Å². The van der Waals surface area contributed by atoms with Crippen molar-refractivity contribution in [3.05, 3.63) is 40.9 Å². The molecule has 1 heterocycles. The summed E-state index contributed by atoms with van der Waals surface area (Å²) in [5, 5.41) is 3.80. The number of nitrogens with one attached hydrogen (secondary N) is 1. The summed E-state index contributed by atoms with van der Waals surface area (Å²) in [6, 6.07) is 6.62. The van der Waals surface area contributed by atoms with Gasteiger partial charge in [-0.05, 0) is 35.0 Å². The van der Waals surface area contributed by atoms with Crippen LogP contribution in [0.2, 0.25) is 0 Å². The van der Waals surface area contributed by atoms with Gasteiger partial charge in [0.2, 0.25) is 0 Å². The third-order valence-electron chi connectivity index (χ3n) is 2.15. The molecule has 0 saturated carbocycles. The predicted molar refractivity (Wildman–Crippen MR) is 74.4 cm³/mol. The van der Waals surface area contributed by atoms with E-state index in [0.29, 0.717) is 15.7 Å². The van der Waals surface area contributed by atoms with E-state index in [1.807, 2.05) is 6.92 Å². The number of anilines is 1. The van der Waals surface area contributed by atoms with E-state index in [1.165, 1.54) is 24.2 Å². The van der Waals surface area contributed by atoms with E-state index in [9.17, 15) is 4.39 Å². The summed E-state index contributed by atoms with van der Waals surface area (Å²) in [5.74, 6) is 0.462. The van der Waals surface area contributed by atoms with Crippen LogP contribution in [0.15, 0.2) is 45.0 Å². The van der Waals surface area contributed by atoms with Crippen LogP contribution in [0.5, 0.6) is 0 Å². The van der Waals surface area contributed by atoms with Gasteiger partial charge in [0.05, 0.1) is 4.47 Å². The number of nitrogens with zero attached hydrogens (tertiary/aromatic N) is 2. The van der Waals surface area contributed by atoms with Gasteiger partial charge < -0.3 is 5.32 Å². The van der Waals surface area contributed by atoms with E-state index < -0.39 is 0 Å². The molecule has 2 rings (SSSR count). The number of hydrogen-bond donors (Lipinski definition) is 1. The number of rotatable bonds is 4. The molecule has 3 nitrogen and oxygen atoms in total. The number of benzene rings is 1. The van der Waals surface area contributed by atoms with Crippen LogP contribution in [-0.2, 0) is 0 Å². The molecule has 6 heteroatoms. The number of hydrogen-bond acceptors (Lipinski definition) is 4. The quantitative estimate of drug-likeness (QED) is 0.862. The molecule has 1 N–H and O–H groups in total. The van der Waals surface area contributed by atoms with Gasteiger partial charge in [-0.3, -0.25) is 0 Å². The van der Waals surface area contributed by atoms with E-state index in [2.05, 4.69) is 31.2 Å². The largest absolute Gasteiger partial charge is 0.369 e. The second kappa shape index (κ2) is 6.15. The zero-order valence-electron chi connectivity index (χ0n) is 9.65. The first kappa shape index (κ1) is 13.3. The smallest absolute Gasteiger partial charge is 0.144 e. The monoisotopic (exact) mass is 327 g/mol. The summed E-state index contributed by atoms with van der Waals surface area (Å²) in [5.41, 5.74) is 0. The van der Waals surface area contributed by atoms with E-state index in [4.69, 9.17) is 0 Å². The molecule has 0 spiro atoms. The molecular weight excluding hydrogens is 317 g/mol. The first-order valence-electron chi connectivity index (χ1n) is 5.39. The lowest BCUT2D eigenvalue weighted by Crippen LogP contribution is -2.01. The van der Waals surface area contributed by atoms with Crippen LogP contribution in [-0.4, -0.2) is 16.5 Å². The van der Waals surface area contributed by atoms with E-state index in [1.54, 1.807) is 18.2 Å². The molecule has 0 unspecified atom stereocenters. The van der Waals surface area contributed by atoms with Crippen molar-refractivity contribution in [3.63, 3.8) is 0 Å². The maximum Gasteiger partial charge on any atom is 0.144 e. The van der Waals surface area contributed by atoms with Crippen LogP contribution in [0.4, 0.5) is 10.2 Å². The molecule has 1 aromatic heterocycles. The van der Waals surface area contributed by atoms with Gasteiger partial charge in [0.15, 0.2) is 0 Å². The maximum absolute atomic E-state index is 13.6. The lowest BCUT2D eigenvalue weighted by molar-refractivity contribution is 0.602. The maximum atomic E-state index is 13.6. The van der Waals surface area contributed by atoms with Gasteiger partial charge in [0.25, 0.3) is 0 Å². The zero-order valence-corrected chi connectivity index (χ0v) is 12.1. The van der Waals surface area contributed by atoms with Crippen LogP contribution in [0, 0.1) is 5.82 Å². The molecule has 0 saturated heterocycles. The second-order valence-electron chi connectivity index (χ2n) is 3.40. The fraction of sp³-hybridized carbons (Fsp3) is 0.167. The molecule has 0 atom stereocenters. The Hall–Kier alpha value is -1.14. The Morgan fingerprint density at radius 3 is 2.83 bits per heavy atom. The minimum absolute atomic E-state index is 0.252. The molecule has 0 fully saturated rings. The van der Waals surface area contributed by atoms with Crippen LogP contribution in [0.1, 0.15) is 6.92 Å². The molecule has 0 amide bonds. The van der Waals surface area contributed by atoms with Crippen molar-refractivity contribution in [1.29, 1.82) is 0 Å². The van der Waals surface area contributed by atoms with Gasteiger partial charge in [0, 0.05) is 11.4 Å². The van der Waals surface area contributed by atoms with Gasteiger partial charge in [-0.25, -0.2) is 14.4 Å². The fourth-order valence-electron chi connectivity index (χ4n) is 1.35. The zero-order chi connectivity index (χ0) is 13.0. The highest BCUT2D eigenvalue weighted by Gasteiger charge is 2.11. The summed E-state index contributed by atoms with van der Waals surface area (Å²) in [4.78, 5) is 8.81. The Labute approximate surface area is 117 Å². The molecule has 0 aliphatic rings. The van der Waals surface area contributed by atoms with Crippen LogP contribution in [0.3, 0.4) is 0 Å². The average Bonchev–Trinajstić information content (AvgIpc) is 2.37. The summed E-state index contributed by atoms with van der Waals surface area (Å²) in [6.45, 7) is 2.75. The highest BCUT2D eigenvalue weighted by atomic mass is 79.9. The first-order chi connectivity index (χ1) is 8.72. The van der Waals surface area contributed by atoms with Crippen molar-refractivity contribution in [2.24, 2.45) is 0 Å². The molecule has 0 aliphatic carbocycles. The Morgan fingerprint density at radius 2 is 2.11 bits per heavy atom. The molecule has 0 radical (unpaired) electrons. The van der Waals surface area contributed by atoms with E-state index >= 15 is 0 Å². The number of aromatic nitrogens is 2. The highest BCUT2D eigenvalue weighted by Crippen LogP contribution is 2.35. The van der Waals surface area contributed by atoms with E-state index in [-0.39, 0.29) is 5.82 Å². The van der Waals surface area contributed by atoms with Crippen LogP contribution < -0.4 is 5.32 Å². The van der Waals surface area contributed by atoms with Crippen molar-refractivity contribution < 1.29 is 4.39 Å². The Morgan fingerprint density at radius 1 is 1.33 bits per heavy atom. The van der Waals surface area contributed by atoms with Gasteiger partial charge in [-0.1, -0.05) is 23.9 Å². The minimum atomic E-state index is -0.252. The van der Waals surface area contributed by atoms with Gasteiger partial charge in [-0.15, -0.1) is 0 Å². The number of halogens is 2. The van der Waals surface area contributed by atoms with Gasteiger partial charge in [0.1, 0.15) is 23.0 Å². The van der Waals surface area contributed by atoms with Crippen LogP contribution in [0.25, 0.3) is 0 Å². The van der Waals surface area contributed by atoms with Crippen molar-refractivity contribution >= 4 is 33.5 Å². The van der Waals surface area contributed by atoms with Crippen molar-refractivity contribution in [1.82, 2.24) is 9.97 Å². The molecule has 0 aliphatic heterocycles. The van der Waals surface area contributed by atoms with Crippen molar-refractivity contribution in [2.75, 3.05) is 11.9 Å². The summed E-state index contributed by atoms with van der Waals surface area (Å²) in [6.07, 6.45) is 1.46. The summed E-state index contributed by atoms with van der Waals surface area (Å²) in [7, 11) is 0. The Kier molecular flexibility index (Phi) is 4.54. The predicted octanol–water partition coefficient (Wildman–Crippen LogP) is 3.96. The molecule has 1 aromatic carbocycles.